The molecule has 0 spiro atoms. The Bertz CT molecular complexity index is 593. The SMILES string of the molecule is Cc1nc(Sc2nccc(CN)c2Cl)nc(C)c1C. The van der Waals surface area contributed by atoms with Crippen molar-refractivity contribution in [2.75, 3.05) is 0 Å². The van der Waals surface area contributed by atoms with Crippen LogP contribution >= 0.6 is 23.4 Å². The molecule has 0 fully saturated rings. The third kappa shape index (κ3) is 3.05. The van der Waals surface area contributed by atoms with Crippen LogP contribution in [0.2, 0.25) is 5.02 Å². The summed E-state index contributed by atoms with van der Waals surface area (Å²) in [5, 5.41) is 1.92. The van der Waals surface area contributed by atoms with E-state index in [1.54, 1.807) is 6.20 Å². The van der Waals surface area contributed by atoms with Gasteiger partial charge in [0.2, 0.25) is 0 Å². The summed E-state index contributed by atoms with van der Waals surface area (Å²) in [6, 6.07) is 1.82. The van der Waals surface area contributed by atoms with Crippen molar-refractivity contribution in [2.45, 2.75) is 37.5 Å². The first-order valence-electron chi connectivity index (χ1n) is 5.86. The number of nitrogens with zero attached hydrogens (tertiary/aromatic N) is 3. The molecule has 2 aromatic heterocycles. The molecule has 2 aromatic rings. The predicted octanol–water partition coefficient (Wildman–Crippen LogP) is 3.06. The third-order valence-corrected chi connectivity index (χ3v) is 4.36. The third-order valence-electron chi connectivity index (χ3n) is 2.96. The highest BCUT2D eigenvalue weighted by Gasteiger charge is 2.11. The molecule has 19 heavy (non-hydrogen) atoms. The Balaban J connectivity index is 2.36. The largest absolute Gasteiger partial charge is 0.326 e. The van der Waals surface area contributed by atoms with Crippen LogP contribution in [0.5, 0.6) is 0 Å². The van der Waals surface area contributed by atoms with Crippen molar-refractivity contribution in [1.29, 1.82) is 0 Å². The van der Waals surface area contributed by atoms with Gasteiger partial charge in [-0.1, -0.05) is 11.6 Å². The summed E-state index contributed by atoms with van der Waals surface area (Å²) in [6.45, 7) is 6.35. The Kier molecular flexibility index (Phi) is 4.39. The molecule has 0 radical (unpaired) electrons. The maximum absolute atomic E-state index is 6.25. The van der Waals surface area contributed by atoms with Crippen LogP contribution in [0.25, 0.3) is 0 Å². The van der Waals surface area contributed by atoms with Gasteiger partial charge in [0.05, 0.1) is 5.02 Å². The molecule has 0 amide bonds. The zero-order valence-corrected chi connectivity index (χ0v) is 12.6. The molecule has 0 unspecified atom stereocenters. The lowest BCUT2D eigenvalue weighted by Crippen LogP contribution is -2.00. The lowest BCUT2D eigenvalue weighted by molar-refractivity contribution is 0.877. The van der Waals surface area contributed by atoms with Crippen molar-refractivity contribution in [2.24, 2.45) is 5.73 Å². The Morgan fingerprint density at radius 3 is 2.42 bits per heavy atom. The smallest absolute Gasteiger partial charge is 0.194 e. The summed E-state index contributed by atoms with van der Waals surface area (Å²) < 4.78 is 0. The molecule has 6 heteroatoms. The normalized spacial score (nSPS) is 10.8. The van der Waals surface area contributed by atoms with Gasteiger partial charge in [0.1, 0.15) is 5.03 Å². The van der Waals surface area contributed by atoms with Crippen LogP contribution in [-0.4, -0.2) is 15.0 Å². The van der Waals surface area contributed by atoms with Crippen molar-refractivity contribution < 1.29 is 0 Å². The zero-order valence-electron chi connectivity index (χ0n) is 11.1. The van der Waals surface area contributed by atoms with Gasteiger partial charge in [-0.15, -0.1) is 0 Å². The molecule has 0 bridgehead atoms. The molecule has 0 aliphatic carbocycles. The van der Waals surface area contributed by atoms with E-state index >= 15 is 0 Å². The van der Waals surface area contributed by atoms with Gasteiger partial charge in [0, 0.05) is 24.1 Å². The van der Waals surface area contributed by atoms with Crippen LogP contribution < -0.4 is 5.73 Å². The van der Waals surface area contributed by atoms with E-state index in [-0.39, 0.29) is 0 Å². The van der Waals surface area contributed by atoms with Crippen LogP contribution in [0.3, 0.4) is 0 Å². The van der Waals surface area contributed by atoms with Crippen molar-refractivity contribution in [3.05, 3.63) is 39.8 Å². The number of aryl methyl sites for hydroxylation is 2. The summed E-state index contributed by atoms with van der Waals surface area (Å²) in [5.74, 6) is 0. The number of hydrogen-bond acceptors (Lipinski definition) is 5. The van der Waals surface area contributed by atoms with Gasteiger partial charge in [-0.2, -0.15) is 0 Å². The molecule has 0 atom stereocenters. The average molecular weight is 295 g/mol. The fraction of sp³-hybridized carbons (Fsp3) is 0.308. The second-order valence-corrected chi connectivity index (χ2v) is 5.53. The minimum Gasteiger partial charge on any atom is -0.326 e. The lowest BCUT2D eigenvalue weighted by Gasteiger charge is -2.08. The maximum atomic E-state index is 6.25. The van der Waals surface area contributed by atoms with Crippen LogP contribution in [0.1, 0.15) is 22.5 Å². The van der Waals surface area contributed by atoms with E-state index < -0.39 is 0 Å². The molecule has 100 valence electrons. The second-order valence-electron chi connectivity index (χ2n) is 4.20. The van der Waals surface area contributed by atoms with Crippen molar-refractivity contribution in [3.8, 4) is 0 Å². The molecule has 0 aliphatic heterocycles. The van der Waals surface area contributed by atoms with E-state index in [0.29, 0.717) is 21.7 Å². The molecule has 4 nitrogen and oxygen atoms in total. The summed E-state index contributed by atoms with van der Waals surface area (Å²) in [5.41, 5.74) is 9.56. The Labute approximate surface area is 121 Å². The van der Waals surface area contributed by atoms with E-state index in [4.69, 9.17) is 17.3 Å². The van der Waals surface area contributed by atoms with E-state index in [9.17, 15) is 0 Å². The molecule has 0 aliphatic rings. The van der Waals surface area contributed by atoms with Gasteiger partial charge >= 0.3 is 0 Å². The fourth-order valence-corrected chi connectivity index (χ4v) is 2.74. The van der Waals surface area contributed by atoms with Gasteiger partial charge in [0.15, 0.2) is 5.16 Å². The van der Waals surface area contributed by atoms with Crippen molar-refractivity contribution in [3.63, 3.8) is 0 Å². The average Bonchev–Trinajstić information content (AvgIpc) is 2.38. The Hall–Kier alpha value is -1.17. The number of hydrogen-bond donors (Lipinski definition) is 1. The molecule has 0 saturated carbocycles. The van der Waals surface area contributed by atoms with Gasteiger partial charge in [-0.3, -0.25) is 0 Å². The molecule has 2 rings (SSSR count). The standard InChI is InChI=1S/C13H15ClN4S/c1-7-8(2)17-13(18-9(7)3)19-12-11(14)10(6-15)4-5-16-12/h4-5H,6,15H2,1-3H3. The molecular weight excluding hydrogens is 280 g/mol. The quantitative estimate of drug-likeness (QED) is 0.881. The van der Waals surface area contributed by atoms with E-state index in [1.807, 2.05) is 26.8 Å². The van der Waals surface area contributed by atoms with Gasteiger partial charge in [0.25, 0.3) is 0 Å². The van der Waals surface area contributed by atoms with Gasteiger partial charge < -0.3 is 5.73 Å². The first-order chi connectivity index (χ1) is 9.02. The van der Waals surface area contributed by atoms with Crippen molar-refractivity contribution in [1.82, 2.24) is 15.0 Å². The lowest BCUT2D eigenvalue weighted by atomic mass is 10.2. The molecule has 0 aromatic carbocycles. The Morgan fingerprint density at radius 1 is 1.21 bits per heavy atom. The Morgan fingerprint density at radius 2 is 1.84 bits per heavy atom. The summed E-state index contributed by atoms with van der Waals surface area (Å²) in [6.07, 6.45) is 1.70. The highest BCUT2D eigenvalue weighted by molar-refractivity contribution is 7.99. The summed E-state index contributed by atoms with van der Waals surface area (Å²) in [4.78, 5) is 13.2. The molecule has 2 N–H and O–H groups in total. The van der Waals surface area contributed by atoms with E-state index in [0.717, 1.165) is 22.5 Å². The number of nitrogens with two attached hydrogens (primary N) is 1. The van der Waals surface area contributed by atoms with Crippen LogP contribution in [0.4, 0.5) is 0 Å². The number of pyridine rings is 1. The number of rotatable bonds is 3. The van der Waals surface area contributed by atoms with E-state index in [1.165, 1.54) is 11.8 Å². The summed E-state index contributed by atoms with van der Waals surface area (Å²) in [7, 11) is 0. The number of halogens is 1. The summed E-state index contributed by atoms with van der Waals surface area (Å²) >= 11 is 7.61. The maximum Gasteiger partial charge on any atom is 0.194 e. The van der Waals surface area contributed by atoms with E-state index in [2.05, 4.69) is 15.0 Å². The first-order valence-corrected chi connectivity index (χ1v) is 7.05. The highest BCUT2D eigenvalue weighted by atomic mass is 35.5. The van der Waals surface area contributed by atoms with Crippen LogP contribution in [-0.2, 0) is 6.54 Å². The minimum absolute atomic E-state index is 0.391. The van der Waals surface area contributed by atoms with Crippen molar-refractivity contribution >= 4 is 23.4 Å². The first kappa shape index (κ1) is 14.2. The molecule has 2 heterocycles. The van der Waals surface area contributed by atoms with Gasteiger partial charge in [-0.25, -0.2) is 15.0 Å². The van der Waals surface area contributed by atoms with Crippen LogP contribution in [0.15, 0.2) is 22.4 Å². The second kappa shape index (κ2) is 5.86. The number of aromatic nitrogens is 3. The molecular formula is C13H15ClN4S. The predicted molar refractivity (Wildman–Crippen MR) is 77.5 cm³/mol. The monoisotopic (exact) mass is 294 g/mol. The topological polar surface area (TPSA) is 64.7 Å². The zero-order chi connectivity index (χ0) is 14.0. The molecule has 0 saturated heterocycles. The fourth-order valence-electron chi connectivity index (χ4n) is 1.56. The highest BCUT2D eigenvalue weighted by Crippen LogP contribution is 2.31. The van der Waals surface area contributed by atoms with Gasteiger partial charge in [-0.05, 0) is 49.7 Å². The van der Waals surface area contributed by atoms with Crippen LogP contribution in [0, 0.1) is 20.8 Å². The minimum atomic E-state index is 0.391.